The third-order valence-electron chi connectivity index (χ3n) is 5.05. The van der Waals surface area contributed by atoms with Crippen LogP contribution in [0.15, 0.2) is 49.1 Å². The van der Waals surface area contributed by atoms with Crippen molar-refractivity contribution in [1.82, 2.24) is 19.8 Å². The zero-order valence-electron chi connectivity index (χ0n) is 15.8. The molecule has 140 valence electrons. The van der Waals surface area contributed by atoms with Crippen molar-refractivity contribution < 1.29 is 4.79 Å². The lowest BCUT2D eigenvalue weighted by atomic mass is 10.0. The van der Waals surface area contributed by atoms with Crippen LogP contribution >= 0.6 is 0 Å². The second-order valence-corrected chi connectivity index (χ2v) is 7.70. The van der Waals surface area contributed by atoms with E-state index in [0.717, 1.165) is 38.9 Å². The van der Waals surface area contributed by atoms with Crippen LogP contribution in [-0.4, -0.2) is 39.5 Å². The lowest BCUT2D eigenvalue weighted by molar-refractivity contribution is -0.125. The summed E-state index contributed by atoms with van der Waals surface area (Å²) in [6.07, 6.45) is 10.6. The average molecular weight is 354 g/mol. The van der Waals surface area contributed by atoms with Crippen LogP contribution in [-0.2, 0) is 11.3 Å². The van der Waals surface area contributed by atoms with Crippen molar-refractivity contribution in [1.29, 1.82) is 0 Å². The van der Waals surface area contributed by atoms with Gasteiger partial charge in [-0.3, -0.25) is 14.7 Å². The van der Waals surface area contributed by atoms with Crippen LogP contribution in [0.2, 0.25) is 0 Å². The van der Waals surface area contributed by atoms with Gasteiger partial charge in [0.05, 0.1) is 0 Å². The highest BCUT2D eigenvalue weighted by Gasteiger charge is 2.26. The SMILES string of the molecule is CC(C)CC(C(=O)NC1CCN(Cc2cccnc2)CC1)n1cccc1. The molecule has 1 unspecified atom stereocenters. The van der Waals surface area contributed by atoms with Gasteiger partial charge in [-0.2, -0.15) is 0 Å². The van der Waals surface area contributed by atoms with Crippen molar-refractivity contribution in [2.75, 3.05) is 13.1 Å². The smallest absolute Gasteiger partial charge is 0.243 e. The molecule has 26 heavy (non-hydrogen) atoms. The molecule has 1 aliphatic rings. The first-order valence-electron chi connectivity index (χ1n) is 9.66. The zero-order valence-corrected chi connectivity index (χ0v) is 15.8. The van der Waals surface area contributed by atoms with Crippen LogP contribution in [0.4, 0.5) is 0 Å². The highest BCUT2D eigenvalue weighted by molar-refractivity contribution is 5.80. The molecule has 3 heterocycles. The van der Waals surface area contributed by atoms with Gasteiger partial charge in [-0.25, -0.2) is 0 Å². The molecule has 0 aromatic carbocycles. The van der Waals surface area contributed by atoms with Crippen LogP contribution in [0.3, 0.4) is 0 Å². The first kappa shape index (κ1) is 18.6. The van der Waals surface area contributed by atoms with Crippen molar-refractivity contribution in [2.24, 2.45) is 5.92 Å². The molecule has 0 saturated carbocycles. The maximum absolute atomic E-state index is 12.9. The Kier molecular flexibility index (Phi) is 6.45. The van der Waals surface area contributed by atoms with Gasteiger partial charge in [-0.15, -0.1) is 0 Å². The molecule has 1 N–H and O–H groups in total. The van der Waals surface area contributed by atoms with Crippen molar-refractivity contribution in [3.63, 3.8) is 0 Å². The van der Waals surface area contributed by atoms with Crippen LogP contribution in [0.5, 0.6) is 0 Å². The molecule has 3 rings (SSSR count). The number of nitrogens with one attached hydrogen (secondary N) is 1. The van der Waals surface area contributed by atoms with E-state index in [1.165, 1.54) is 5.56 Å². The van der Waals surface area contributed by atoms with E-state index < -0.39 is 0 Å². The highest BCUT2D eigenvalue weighted by atomic mass is 16.2. The van der Waals surface area contributed by atoms with Crippen LogP contribution < -0.4 is 5.32 Å². The highest BCUT2D eigenvalue weighted by Crippen LogP contribution is 2.20. The molecule has 1 atom stereocenters. The second kappa shape index (κ2) is 8.99. The fourth-order valence-electron chi connectivity index (χ4n) is 3.65. The Balaban J connectivity index is 1.50. The van der Waals surface area contributed by atoms with Gasteiger partial charge in [0.1, 0.15) is 6.04 Å². The van der Waals surface area contributed by atoms with Crippen LogP contribution in [0, 0.1) is 5.92 Å². The monoisotopic (exact) mass is 354 g/mol. The summed E-state index contributed by atoms with van der Waals surface area (Å²) in [4.78, 5) is 19.5. The minimum atomic E-state index is -0.113. The van der Waals surface area contributed by atoms with E-state index in [2.05, 4.69) is 35.1 Å². The van der Waals surface area contributed by atoms with Gasteiger partial charge in [0.15, 0.2) is 0 Å². The summed E-state index contributed by atoms with van der Waals surface area (Å²) in [7, 11) is 0. The molecule has 0 spiro atoms. The fraction of sp³-hybridized carbons (Fsp3) is 0.524. The molecule has 2 aromatic rings. The Morgan fingerprint density at radius 2 is 1.96 bits per heavy atom. The van der Waals surface area contributed by atoms with Gasteiger partial charge in [0.2, 0.25) is 5.91 Å². The standard InChI is InChI=1S/C21H30N4O/c1-17(2)14-20(25-10-3-4-11-25)21(26)23-19-7-12-24(13-8-19)16-18-6-5-9-22-15-18/h3-6,9-11,15,17,19-20H,7-8,12-14,16H2,1-2H3,(H,23,26). The zero-order chi connectivity index (χ0) is 18.4. The molecule has 2 aromatic heterocycles. The maximum atomic E-state index is 12.9. The average Bonchev–Trinajstić information content (AvgIpc) is 3.16. The predicted octanol–water partition coefficient (Wildman–Crippen LogP) is 3.25. The third-order valence-corrected chi connectivity index (χ3v) is 5.05. The summed E-state index contributed by atoms with van der Waals surface area (Å²) >= 11 is 0. The van der Waals surface area contributed by atoms with E-state index in [1.54, 1.807) is 0 Å². The quantitative estimate of drug-likeness (QED) is 0.830. The molecule has 1 saturated heterocycles. The van der Waals surface area contributed by atoms with E-state index in [-0.39, 0.29) is 18.0 Å². The van der Waals surface area contributed by atoms with Gasteiger partial charge in [0.25, 0.3) is 0 Å². The third kappa shape index (κ3) is 5.18. The number of amides is 1. The minimum absolute atomic E-state index is 0.113. The number of pyridine rings is 1. The summed E-state index contributed by atoms with van der Waals surface area (Å²) in [6, 6.07) is 8.23. The predicted molar refractivity (Wildman–Crippen MR) is 104 cm³/mol. The molecule has 5 heteroatoms. The summed E-state index contributed by atoms with van der Waals surface area (Å²) in [5.41, 5.74) is 1.25. The first-order valence-corrected chi connectivity index (χ1v) is 9.66. The lowest BCUT2D eigenvalue weighted by Crippen LogP contribution is -2.46. The molecule has 1 amide bonds. The number of piperidine rings is 1. The van der Waals surface area contributed by atoms with Crippen molar-refractivity contribution in [3.8, 4) is 0 Å². The molecule has 0 aliphatic carbocycles. The fourth-order valence-corrected chi connectivity index (χ4v) is 3.65. The lowest BCUT2D eigenvalue weighted by Gasteiger charge is -2.33. The molecule has 1 fully saturated rings. The van der Waals surface area contributed by atoms with E-state index in [4.69, 9.17) is 0 Å². The number of carbonyl (C=O) groups excluding carboxylic acids is 1. The van der Waals surface area contributed by atoms with Crippen LogP contribution in [0.1, 0.15) is 44.7 Å². The number of hydrogen-bond acceptors (Lipinski definition) is 3. The number of aromatic nitrogens is 2. The van der Waals surface area contributed by atoms with Gasteiger partial charge >= 0.3 is 0 Å². The largest absolute Gasteiger partial charge is 0.351 e. The van der Waals surface area contributed by atoms with E-state index in [0.29, 0.717) is 5.92 Å². The molecule has 1 aliphatic heterocycles. The van der Waals surface area contributed by atoms with Gasteiger partial charge in [-0.05, 0) is 48.9 Å². The first-order chi connectivity index (χ1) is 12.6. The molecular formula is C21H30N4O. The minimum Gasteiger partial charge on any atom is -0.351 e. The van der Waals surface area contributed by atoms with Gasteiger partial charge in [0, 0.05) is 50.5 Å². The van der Waals surface area contributed by atoms with E-state index >= 15 is 0 Å². The number of carbonyl (C=O) groups is 1. The summed E-state index contributed by atoms with van der Waals surface area (Å²) in [5.74, 6) is 0.634. The Bertz CT molecular complexity index is 661. The number of nitrogens with zero attached hydrogens (tertiary/aromatic N) is 3. The molecular weight excluding hydrogens is 324 g/mol. The van der Waals surface area contributed by atoms with Gasteiger partial charge in [-0.1, -0.05) is 19.9 Å². The summed E-state index contributed by atoms with van der Waals surface area (Å²) in [6.45, 7) is 7.30. The van der Waals surface area contributed by atoms with Crippen LogP contribution in [0.25, 0.3) is 0 Å². The van der Waals surface area contributed by atoms with Crippen molar-refractivity contribution in [2.45, 2.75) is 51.7 Å². The Morgan fingerprint density at radius 3 is 2.58 bits per heavy atom. The molecule has 0 radical (unpaired) electrons. The maximum Gasteiger partial charge on any atom is 0.243 e. The Morgan fingerprint density at radius 1 is 1.23 bits per heavy atom. The van der Waals surface area contributed by atoms with Crippen molar-refractivity contribution in [3.05, 3.63) is 54.6 Å². The normalized spacial score (nSPS) is 17.3. The number of hydrogen-bond donors (Lipinski definition) is 1. The topological polar surface area (TPSA) is 50.2 Å². The van der Waals surface area contributed by atoms with E-state index in [1.807, 2.05) is 47.6 Å². The molecule has 5 nitrogen and oxygen atoms in total. The van der Waals surface area contributed by atoms with Crippen molar-refractivity contribution >= 4 is 5.91 Å². The summed E-state index contributed by atoms with van der Waals surface area (Å²) in [5, 5.41) is 3.30. The Hall–Kier alpha value is -2.14. The second-order valence-electron chi connectivity index (χ2n) is 7.70. The van der Waals surface area contributed by atoms with Gasteiger partial charge < -0.3 is 9.88 Å². The molecule has 0 bridgehead atoms. The Labute approximate surface area is 156 Å². The summed E-state index contributed by atoms with van der Waals surface area (Å²) < 4.78 is 2.03. The number of likely N-dealkylation sites (tertiary alicyclic amines) is 1. The number of rotatable bonds is 7. The van der Waals surface area contributed by atoms with E-state index in [9.17, 15) is 4.79 Å².